The Morgan fingerprint density at radius 1 is 1.82 bits per heavy atom. The maximum atomic E-state index is 11.2. The topological polar surface area (TPSA) is 20.3 Å². The summed E-state index contributed by atoms with van der Waals surface area (Å²) < 4.78 is 0.587. The zero-order valence-corrected chi connectivity index (χ0v) is 8.22. The van der Waals surface area contributed by atoms with Crippen molar-refractivity contribution in [1.82, 2.24) is 4.90 Å². The molecule has 0 spiro atoms. The largest absolute Gasteiger partial charge is 0.293 e. The average Bonchev–Trinajstić information content (AvgIpc) is 2.26. The molecule has 1 amide bonds. The SMILES string of the molecule is CCN1C(=O)/C(=C\Cl)SC1=S. The van der Waals surface area contributed by atoms with Crippen molar-refractivity contribution < 1.29 is 4.79 Å². The summed E-state index contributed by atoms with van der Waals surface area (Å²) in [4.78, 5) is 13.3. The maximum absolute atomic E-state index is 11.2. The van der Waals surface area contributed by atoms with Gasteiger partial charge >= 0.3 is 0 Å². The van der Waals surface area contributed by atoms with Gasteiger partial charge in [0.1, 0.15) is 4.32 Å². The van der Waals surface area contributed by atoms with Crippen molar-refractivity contribution in [2.75, 3.05) is 6.54 Å². The molecular weight excluding hydrogens is 202 g/mol. The van der Waals surface area contributed by atoms with E-state index in [9.17, 15) is 4.79 Å². The van der Waals surface area contributed by atoms with Crippen LogP contribution in [-0.2, 0) is 4.79 Å². The summed E-state index contributed by atoms with van der Waals surface area (Å²) in [6.45, 7) is 2.49. The van der Waals surface area contributed by atoms with Gasteiger partial charge in [-0.15, -0.1) is 0 Å². The zero-order valence-electron chi connectivity index (χ0n) is 5.83. The van der Waals surface area contributed by atoms with E-state index in [1.807, 2.05) is 6.92 Å². The number of halogens is 1. The average molecular weight is 208 g/mol. The third-order valence-corrected chi connectivity index (χ3v) is 3.01. The molecule has 1 aliphatic rings. The van der Waals surface area contributed by atoms with Crippen LogP contribution < -0.4 is 0 Å². The molecule has 0 saturated carbocycles. The Morgan fingerprint density at radius 3 is 2.73 bits per heavy atom. The van der Waals surface area contributed by atoms with Crippen LogP contribution in [0.5, 0.6) is 0 Å². The monoisotopic (exact) mass is 207 g/mol. The van der Waals surface area contributed by atoms with Crippen LogP contribution in [0.3, 0.4) is 0 Å². The molecule has 1 rings (SSSR count). The fourth-order valence-corrected chi connectivity index (χ4v) is 2.21. The molecule has 1 heterocycles. The second-order valence-corrected chi connectivity index (χ2v) is 3.78. The molecule has 0 atom stereocenters. The first kappa shape index (κ1) is 9.03. The van der Waals surface area contributed by atoms with E-state index in [1.54, 1.807) is 0 Å². The highest BCUT2D eigenvalue weighted by molar-refractivity contribution is 8.26. The number of hydrogen-bond donors (Lipinski definition) is 0. The summed E-state index contributed by atoms with van der Waals surface area (Å²) in [6, 6.07) is 0. The van der Waals surface area contributed by atoms with Crippen molar-refractivity contribution >= 4 is 45.8 Å². The van der Waals surface area contributed by atoms with E-state index in [1.165, 1.54) is 22.2 Å². The normalized spacial score (nSPS) is 22.0. The summed E-state index contributed by atoms with van der Waals surface area (Å²) in [6.07, 6.45) is 0. The van der Waals surface area contributed by atoms with Gasteiger partial charge in [-0.25, -0.2) is 0 Å². The minimum Gasteiger partial charge on any atom is -0.293 e. The van der Waals surface area contributed by atoms with Crippen molar-refractivity contribution in [3.8, 4) is 0 Å². The lowest BCUT2D eigenvalue weighted by atomic mass is 10.5. The van der Waals surface area contributed by atoms with Crippen LogP contribution in [0.2, 0.25) is 0 Å². The van der Waals surface area contributed by atoms with Crippen molar-refractivity contribution in [3.63, 3.8) is 0 Å². The Morgan fingerprint density at radius 2 is 2.45 bits per heavy atom. The Kier molecular flexibility index (Phi) is 2.92. The van der Waals surface area contributed by atoms with Crippen LogP contribution in [0, 0.1) is 0 Å². The van der Waals surface area contributed by atoms with Crippen LogP contribution in [0.15, 0.2) is 10.4 Å². The van der Waals surface area contributed by atoms with Gasteiger partial charge in [0.05, 0.1) is 4.91 Å². The number of rotatable bonds is 1. The summed E-state index contributed by atoms with van der Waals surface area (Å²) in [5, 5.41) is 0. The summed E-state index contributed by atoms with van der Waals surface area (Å²) in [5.41, 5.74) is 1.27. The van der Waals surface area contributed by atoms with Crippen LogP contribution in [0.1, 0.15) is 6.92 Å². The molecule has 1 aliphatic heterocycles. The number of carbonyl (C=O) groups is 1. The molecule has 60 valence electrons. The molecule has 0 unspecified atom stereocenters. The number of thioether (sulfide) groups is 1. The Hall–Kier alpha value is -0.0600. The molecule has 1 saturated heterocycles. The fraction of sp³-hybridized carbons (Fsp3) is 0.333. The Balaban J connectivity index is 2.88. The van der Waals surface area contributed by atoms with Crippen molar-refractivity contribution in [2.24, 2.45) is 0 Å². The van der Waals surface area contributed by atoms with Crippen molar-refractivity contribution in [3.05, 3.63) is 10.4 Å². The van der Waals surface area contributed by atoms with Crippen LogP contribution >= 0.6 is 35.6 Å². The second kappa shape index (κ2) is 3.56. The minimum absolute atomic E-state index is 0.0856. The number of nitrogens with zero attached hydrogens (tertiary/aromatic N) is 1. The van der Waals surface area contributed by atoms with Gasteiger partial charge in [0, 0.05) is 12.1 Å². The van der Waals surface area contributed by atoms with E-state index in [0.717, 1.165) is 0 Å². The number of hydrogen-bond acceptors (Lipinski definition) is 3. The first-order valence-corrected chi connectivity index (χ1v) is 4.71. The molecule has 11 heavy (non-hydrogen) atoms. The number of amides is 1. The van der Waals surface area contributed by atoms with Gasteiger partial charge in [-0.05, 0) is 6.92 Å². The van der Waals surface area contributed by atoms with E-state index >= 15 is 0 Å². The molecule has 1 fully saturated rings. The van der Waals surface area contributed by atoms with Crippen molar-refractivity contribution in [1.29, 1.82) is 0 Å². The first-order valence-electron chi connectivity index (χ1n) is 3.04. The second-order valence-electron chi connectivity index (χ2n) is 1.89. The molecule has 5 heteroatoms. The molecular formula is C6H6ClNOS2. The molecule has 0 aromatic heterocycles. The first-order chi connectivity index (χ1) is 5.20. The van der Waals surface area contributed by atoms with Gasteiger partial charge in [-0.3, -0.25) is 9.69 Å². The Labute approximate surface area is 79.6 Å². The minimum atomic E-state index is -0.0856. The predicted molar refractivity (Wildman–Crippen MR) is 51.5 cm³/mol. The molecule has 0 bridgehead atoms. The number of carbonyl (C=O) groups excluding carboxylic acids is 1. The summed E-state index contributed by atoms with van der Waals surface area (Å²) in [7, 11) is 0. The van der Waals surface area contributed by atoms with E-state index in [2.05, 4.69) is 0 Å². The highest BCUT2D eigenvalue weighted by Gasteiger charge is 2.30. The Bertz CT molecular complexity index is 239. The van der Waals surface area contributed by atoms with E-state index in [0.29, 0.717) is 15.8 Å². The summed E-state index contributed by atoms with van der Waals surface area (Å²) in [5.74, 6) is -0.0856. The molecule has 2 nitrogen and oxygen atoms in total. The smallest absolute Gasteiger partial charge is 0.267 e. The molecule has 0 aromatic carbocycles. The standard InChI is InChI=1S/C6H6ClNOS2/c1-2-8-5(9)4(3-7)11-6(8)10/h3H,2H2,1H3/b4-3+. The third kappa shape index (κ3) is 1.58. The van der Waals surface area contributed by atoms with Gasteiger partial charge < -0.3 is 0 Å². The van der Waals surface area contributed by atoms with Gasteiger partial charge in [-0.2, -0.15) is 0 Å². The van der Waals surface area contributed by atoms with Gasteiger partial charge in [-0.1, -0.05) is 35.6 Å². The number of thiocarbonyl (C=S) groups is 1. The van der Waals surface area contributed by atoms with Gasteiger partial charge in [0.2, 0.25) is 0 Å². The highest BCUT2D eigenvalue weighted by atomic mass is 35.5. The van der Waals surface area contributed by atoms with E-state index in [4.69, 9.17) is 23.8 Å². The lowest BCUT2D eigenvalue weighted by Crippen LogP contribution is -2.27. The van der Waals surface area contributed by atoms with Crippen molar-refractivity contribution in [2.45, 2.75) is 6.92 Å². The zero-order chi connectivity index (χ0) is 8.43. The van der Waals surface area contributed by atoms with Crippen LogP contribution in [-0.4, -0.2) is 21.7 Å². The van der Waals surface area contributed by atoms with Crippen LogP contribution in [0.4, 0.5) is 0 Å². The van der Waals surface area contributed by atoms with E-state index < -0.39 is 0 Å². The van der Waals surface area contributed by atoms with E-state index in [-0.39, 0.29) is 5.91 Å². The molecule has 0 radical (unpaired) electrons. The lowest BCUT2D eigenvalue weighted by Gasteiger charge is -2.09. The molecule has 0 aromatic rings. The summed E-state index contributed by atoms with van der Waals surface area (Å²) >= 11 is 11.6. The van der Waals surface area contributed by atoms with Gasteiger partial charge in [0.25, 0.3) is 5.91 Å². The molecule has 0 N–H and O–H groups in total. The molecule has 0 aliphatic carbocycles. The maximum Gasteiger partial charge on any atom is 0.267 e. The predicted octanol–water partition coefficient (Wildman–Crippen LogP) is 1.95. The van der Waals surface area contributed by atoms with Gasteiger partial charge in [0.15, 0.2) is 0 Å². The highest BCUT2D eigenvalue weighted by Crippen LogP contribution is 2.30. The quantitative estimate of drug-likeness (QED) is 0.484. The van der Waals surface area contributed by atoms with Crippen LogP contribution in [0.25, 0.3) is 0 Å². The fourth-order valence-electron chi connectivity index (χ4n) is 0.750. The number of likely N-dealkylation sites (N-methyl/N-ethyl adjacent to an activating group) is 1. The lowest BCUT2D eigenvalue weighted by molar-refractivity contribution is -0.122. The third-order valence-electron chi connectivity index (χ3n) is 1.29.